The van der Waals surface area contributed by atoms with E-state index in [0.717, 1.165) is 12.1 Å². The highest BCUT2D eigenvalue weighted by Crippen LogP contribution is 2.37. The van der Waals surface area contributed by atoms with Crippen LogP contribution in [0.4, 0.5) is 28.4 Å². The first kappa shape index (κ1) is 39.9. The predicted molar refractivity (Wildman–Crippen MR) is 203 cm³/mol. The van der Waals surface area contributed by atoms with Gasteiger partial charge >= 0.3 is 12.2 Å². The molecule has 0 aliphatic carbocycles. The summed E-state index contributed by atoms with van der Waals surface area (Å²) < 4.78 is 66.0. The van der Waals surface area contributed by atoms with E-state index < -0.39 is 53.0 Å². The lowest BCUT2D eigenvalue weighted by Crippen LogP contribution is -2.36. The third-order valence-corrected chi connectivity index (χ3v) is 8.93. The van der Waals surface area contributed by atoms with E-state index in [1.807, 2.05) is 0 Å². The van der Waals surface area contributed by atoms with Crippen molar-refractivity contribution in [2.75, 3.05) is 31.5 Å². The minimum absolute atomic E-state index is 0.192. The van der Waals surface area contributed by atoms with Crippen molar-refractivity contribution in [2.24, 2.45) is 0 Å². The van der Waals surface area contributed by atoms with Crippen LogP contribution >= 0.6 is 0 Å². The fourth-order valence-corrected chi connectivity index (χ4v) is 6.33. The summed E-state index contributed by atoms with van der Waals surface area (Å²) in [6.07, 6.45) is 0.758. The van der Waals surface area contributed by atoms with Crippen molar-refractivity contribution >= 4 is 23.8 Å². The van der Waals surface area contributed by atoms with E-state index in [4.69, 9.17) is 18.9 Å². The molecule has 0 bridgehead atoms. The van der Waals surface area contributed by atoms with Gasteiger partial charge in [-0.15, -0.1) is 0 Å². The number of amides is 3. The van der Waals surface area contributed by atoms with E-state index >= 15 is 0 Å². The van der Waals surface area contributed by atoms with Crippen LogP contribution in [-0.4, -0.2) is 82.5 Å². The maximum atomic E-state index is 14.5. The number of nitrogens with zero attached hydrogens (tertiary/aromatic N) is 3. The average molecular weight is 775 g/mol. The summed E-state index contributed by atoms with van der Waals surface area (Å²) in [5.41, 5.74) is 0.936. The Kier molecular flexibility index (Phi) is 11.5. The first-order valence-electron chi connectivity index (χ1n) is 18.4. The number of carbonyl (C=O) groups excluding carboxylic acids is 3. The molecule has 0 radical (unpaired) electrons. The third kappa shape index (κ3) is 10.1. The Morgan fingerprint density at radius 2 is 1.23 bits per heavy atom. The third-order valence-electron chi connectivity index (χ3n) is 8.93. The molecule has 0 spiro atoms. The van der Waals surface area contributed by atoms with Crippen LogP contribution in [0.2, 0.25) is 0 Å². The van der Waals surface area contributed by atoms with Gasteiger partial charge in [0.2, 0.25) is 5.95 Å². The van der Waals surface area contributed by atoms with E-state index in [9.17, 15) is 27.6 Å². The summed E-state index contributed by atoms with van der Waals surface area (Å²) in [5.74, 6) is -2.53. The molecule has 1 aromatic heterocycles. The van der Waals surface area contributed by atoms with Gasteiger partial charge in [-0.25, -0.2) is 23.4 Å². The summed E-state index contributed by atoms with van der Waals surface area (Å²) in [5, 5.41) is 2.88. The van der Waals surface area contributed by atoms with Gasteiger partial charge < -0.3 is 34.1 Å². The first-order chi connectivity index (χ1) is 26.4. The van der Waals surface area contributed by atoms with Crippen molar-refractivity contribution in [3.05, 3.63) is 96.1 Å². The molecule has 56 heavy (non-hydrogen) atoms. The van der Waals surface area contributed by atoms with Crippen LogP contribution in [-0.2, 0) is 9.47 Å². The smallest absolute Gasteiger partial charge is 0.410 e. The molecular weight excluding hydrogens is 729 g/mol. The molecule has 296 valence electrons. The molecule has 4 aromatic rings. The van der Waals surface area contributed by atoms with Gasteiger partial charge in [-0.3, -0.25) is 4.79 Å². The van der Waals surface area contributed by atoms with Gasteiger partial charge in [0.15, 0.2) is 11.6 Å². The molecular formula is C42H45F3N4O7. The number of aromatic nitrogens is 1. The van der Waals surface area contributed by atoms with Gasteiger partial charge in [0, 0.05) is 60.1 Å². The van der Waals surface area contributed by atoms with Gasteiger partial charge in [0.05, 0.1) is 13.1 Å². The van der Waals surface area contributed by atoms with Gasteiger partial charge in [-0.1, -0.05) is 6.07 Å². The van der Waals surface area contributed by atoms with E-state index in [-0.39, 0.29) is 23.8 Å². The number of ether oxygens (including phenoxy) is 4. The van der Waals surface area contributed by atoms with Crippen LogP contribution in [0, 0.1) is 17.6 Å². The Labute approximate surface area is 323 Å². The van der Waals surface area contributed by atoms with Crippen LogP contribution in [0.1, 0.15) is 64.7 Å². The number of pyridine rings is 1. The fourth-order valence-electron chi connectivity index (χ4n) is 6.33. The molecule has 0 unspecified atom stereocenters. The molecule has 0 saturated carbocycles. The minimum atomic E-state index is -1.07. The monoisotopic (exact) mass is 774 g/mol. The minimum Gasteiger partial charge on any atom is -0.488 e. The Balaban J connectivity index is 1.23. The number of halogens is 3. The van der Waals surface area contributed by atoms with Crippen LogP contribution < -0.4 is 14.8 Å². The predicted octanol–water partition coefficient (Wildman–Crippen LogP) is 8.86. The lowest BCUT2D eigenvalue weighted by atomic mass is 10.0. The van der Waals surface area contributed by atoms with E-state index in [0.29, 0.717) is 66.4 Å². The Morgan fingerprint density at radius 3 is 1.77 bits per heavy atom. The number of hydrogen-bond acceptors (Lipinski definition) is 8. The Morgan fingerprint density at radius 1 is 0.679 bits per heavy atom. The normalized spacial score (nSPS) is 17.1. The van der Waals surface area contributed by atoms with E-state index in [1.54, 1.807) is 87.7 Å². The molecule has 6 rings (SSSR count). The number of likely N-dealkylation sites (tertiary alicyclic amines) is 2. The molecule has 14 heteroatoms. The van der Waals surface area contributed by atoms with Gasteiger partial charge in [-0.05, 0) is 108 Å². The largest absolute Gasteiger partial charge is 0.488 e. The zero-order valence-electron chi connectivity index (χ0n) is 32.2. The summed E-state index contributed by atoms with van der Waals surface area (Å²) in [4.78, 5) is 46.0. The van der Waals surface area contributed by atoms with Gasteiger partial charge in [-0.2, -0.15) is 4.39 Å². The maximum absolute atomic E-state index is 14.5. The molecule has 2 saturated heterocycles. The highest BCUT2D eigenvalue weighted by Gasteiger charge is 2.33. The second-order valence-electron chi connectivity index (χ2n) is 15.8. The number of rotatable bonds is 8. The molecule has 3 amide bonds. The molecule has 2 fully saturated rings. The lowest BCUT2D eigenvalue weighted by molar-refractivity contribution is 0.0266. The van der Waals surface area contributed by atoms with E-state index in [2.05, 4.69) is 10.3 Å². The van der Waals surface area contributed by atoms with Crippen molar-refractivity contribution < 1.29 is 46.5 Å². The highest BCUT2D eigenvalue weighted by molar-refractivity contribution is 6.05. The van der Waals surface area contributed by atoms with Crippen LogP contribution in [0.25, 0.3) is 22.3 Å². The highest BCUT2D eigenvalue weighted by atomic mass is 19.2. The number of nitrogens with one attached hydrogen (secondary N) is 1. The lowest BCUT2D eigenvalue weighted by Gasteiger charge is -2.24. The van der Waals surface area contributed by atoms with Crippen molar-refractivity contribution in [3.8, 4) is 33.8 Å². The second kappa shape index (κ2) is 16.1. The van der Waals surface area contributed by atoms with Crippen molar-refractivity contribution in [1.82, 2.24) is 14.8 Å². The van der Waals surface area contributed by atoms with Crippen molar-refractivity contribution in [3.63, 3.8) is 0 Å². The zero-order chi connectivity index (χ0) is 40.4. The summed E-state index contributed by atoms with van der Waals surface area (Å²) >= 11 is 0. The topological polar surface area (TPSA) is 120 Å². The molecule has 2 aliphatic rings. The molecule has 1 N–H and O–H groups in total. The zero-order valence-corrected chi connectivity index (χ0v) is 32.2. The number of benzene rings is 3. The average Bonchev–Trinajstić information content (AvgIpc) is 3.80. The first-order valence-corrected chi connectivity index (χ1v) is 18.4. The van der Waals surface area contributed by atoms with Crippen molar-refractivity contribution in [2.45, 2.75) is 77.8 Å². The molecule has 3 aromatic carbocycles. The SMILES string of the molecule is CC(C)(C)OC(=O)N1CC[C@H](Oc2ccc(NC(=O)c3ccc(O[C@H]4CCN(C(=O)OC(C)(C)C)C4)c(-c4ccc(F)c(F)c4)c3)cc2-c2ccc(F)nc2)C1. The quantitative estimate of drug-likeness (QED) is 0.177. The number of carbonyl (C=O) groups is 3. The number of anilines is 1. The second-order valence-corrected chi connectivity index (χ2v) is 15.8. The van der Waals surface area contributed by atoms with Crippen LogP contribution in [0.15, 0.2) is 72.9 Å². The molecule has 2 aliphatic heterocycles. The maximum Gasteiger partial charge on any atom is 0.410 e. The molecule has 3 heterocycles. The fraction of sp³-hybridized carbons (Fsp3) is 0.381. The molecule has 11 nitrogen and oxygen atoms in total. The number of hydrogen-bond donors (Lipinski definition) is 1. The Bertz CT molecular complexity index is 2100. The van der Waals surface area contributed by atoms with Crippen LogP contribution in [0.5, 0.6) is 11.5 Å². The summed E-state index contributed by atoms with van der Waals surface area (Å²) in [7, 11) is 0. The van der Waals surface area contributed by atoms with Crippen molar-refractivity contribution in [1.29, 1.82) is 0 Å². The van der Waals surface area contributed by atoms with Crippen LogP contribution in [0.3, 0.4) is 0 Å². The molecule has 2 atom stereocenters. The Hall–Kier alpha value is -5.79. The summed E-state index contributed by atoms with van der Waals surface area (Å²) in [6.45, 7) is 12.2. The van der Waals surface area contributed by atoms with E-state index in [1.165, 1.54) is 24.4 Å². The van der Waals surface area contributed by atoms with Gasteiger partial charge in [0.1, 0.15) is 34.9 Å². The van der Waals surface area contributed by atoms with Gasteiger partial charge in [0.25, 0.3) is 5.91 Å². The standard InChI is InChI=1S/C42H45F3N4O7/c1-41(2,3)55-39(51)48-17-15-29(23-48)53-35-12-8-26(19-31(35)25-7-11-33(43)34(44)20-25)38(50)47-28-10-13-36(32(21-28)27-9-14-37(45)46-22-27)54-30-16-18-49(24-30)40(52)56-42(4,5)6/h7-14,19-22,29-30H,15-18,23-24H2,1-6H3,(H,47,50)/t29-,30-/m0/s1. The summed E-state index contributed by atoms with van der Waals surface area (Å²) in [6, 6.07) is 15.8.